The Morgan fingerprint density at radius 3 is 2.71 bits per heavy atom. The van der Waals surface area contributed by atoms with Crippen LogP contribution in [0.15, 0.2) is 57.8 Å². The molecule has 3 aromatic rings. The number of hydrogen-bond donors (Lipinski definition) is 1. The Labute approximate surface area is 179 Å². The van der Waals surface area contributed by atoms with Crippen molar-refractivity contribution < 1.29 is 4.79 Å². The van der Waals surface area contributed by atoms with Crippen LogP contribution in [-0.2, 0) is 18.4 Å². The van der Waals surface area contributed by atoms with Crippen molar-refractivity contribution in [3.8, 4) is 11.4 Å². The van der Waals surface area contributed by atoms with Gasteiger partial charge in [0, 0.05) is 25.4 Å². The van der Waals surface area contributed by atoms with Crippen molar-refractivity contribution >= 4 is 16.9 Å². The fourth-order valence-electron chi connectivity index (χ4n) is 3.84. The van der Waals surface area contributed by atoms with Crippen LogP contribution in [0.25, 0.3) is 22.4 Å². The van der Waals surface area contributed by atoms with Crippen LogP contribution in [0.4, 0.5) is 0 Å². The molecule has 4 rings (SSSR count). The van der Waals surface area contributed by atoms with Crippen LogP contribution >= 0.6 is 0 Å². The summed E-state index contributed by atoms with van der Waals surface area (Å²) in [5, 5.41) is 3.01. The van der Waals surface area contributed by atoms with Crippen LogP contribution in [0.2, 0.25) is 0 Å². The van der Waals surface area contributed by atoms with Crippen molar-refractivity contribution in [1.29, 1.82) is 0 Å². The Kier molecular flexibility index (Phi) is 6.06. The van der Waals surface area contributed by atoms with Gasteiger partial charge in [-0.1, -0.05) is 42.0 Å². The molecule has 8 heteroatoms. The molecular formula is C23H25N5O3. The molecule has 0 unspecified atom stereocenters. The minimum absolute atomic E-state index is 0.196. The van der Waals surface area contributed by atoms with Crippen LogP contribution in [0, 0.1) is 0 Å². The van der Waals surface area contributed by atoms with Crippen LogP contribution in [0.1, 0.15) is 32.1 Å². The number of hydrogen-bond acceptors (Lipinski definition) is 5. The molecule has 1 amide bonds. The van der Waals surface area contributed by atoms with E-state index in [0.29, 0.717) is 12.4 Å². The van der Waals surface area contributed by atoms with Gasteiger partial charge in [-0.2, -0.15) is 0 Å². The van der Waals surface area contributed by atoms with Crippen molar-refractivity contribution in [2.75, 3.05) is 6.54 Å². The molecule has 31 heavy (non-hydrogen) atoms. The second-order valence-corrected chi connectivity index (χ2v) is 7.74. The monoisotopic (exact) mass is 419 g/mol. The summed E-state index contributed by atoms with van der Waals surface area (Å²) in [5.41, 5.74) is 1.23. The number of nitrogens with one attached hydrogen (secondary N) is 1. The van der Waals surface area contributed by atoms with Gasteiger partial charge in [-0.3, -0.25) is 18.7 Å². The standard InChI is InChI=1S/C23H25N5O3/c1-27-21-18(14-25-20(26-21)17-10-6-3-7-11-17)22(30)28(23(27)31)15-19(29)24-13-12-16-8-4-2-5-9-16/h3,6-8,10-11,14H,2,4-5,9,12-13,15H2,1H3,(H,24,29). The number of fused-ring (bicyclic) bond motifs is 1. The quantitative estimate of drug-likeness (QED) is 0.618. The van der Waals surface area contributed by atoms with Gasteiger partial charge in [-0.05, 0) is 32.1 Å². The Balaban J connectivity index is 1.55. The summed E-state index contributed by atoms with van der Waals surface area (Å²) in [4.78, 5) is 46.7. The van der Waals surface area contributed by atoms with E-state index in [1.807, 2.05) is 30.3 Å². The zero-order valence-corrected chi connectivity index (χ0v) is 17.5. The molecule has 1 aliphatic carbocycles. The van der Waals surface area contributed by atoms with Gasteiger partial charge in [0.2, 0.25) is 5.91 Å². The van der Waals surface area contributed by atoms with Crippen LogP contribution in [-0.4, -0.2) is 31.6 Å². The zero-order valence-electron chi connectivity index (χ0n) is 17.5. The Hall–Kier alpha value is -3.55. The average Bonchev–Trinajstić information content (AvgIpc) is 2.81. The van der Waals surface area contributed by atoms with E-state index in [9.17, 15) is 14.4 Å². The largest absolute Gasteiger partial charge is 0.354 e. The minimum Gasteiger partial charge on any atom is -0.354 e. The molecule has 1 aromatic carbocycles. The highest BCUT2D eigenvalue weighted by molar-refractivity contribution is 5.78. The molecule has 8 nitrogen and oxygen atoms in total. The normalized spacial score (nSPS) is 13.8. The maximum absolute atomic E-state index is 12.9. The minimum atomic E-state index is -0.583. The second kappa shape index (κ2) is 9.07. The molecule has 160 valence electrons. The molecule has 2 aromatic heterocycles. The highest BCUT2D eigenvalue weighted by atomic mass is 16.2. The van der Waals surface area contributed by atoms with E-state index >= 15 is 0 Å². The summed E-state index contributed by atoms with van der Waals surface area (Å²) in [6.45, 7) is 0.164. The van der Waals surface area contributed by atoms with Crippen molar-refractivity contribution in [2.24, 2.45) is 7.05 Å². The molecule has 0 saturated carbocycles. The van der Waals surface area contributed by atoms with E-state index in [1.54, 1.807) is 0 Å². The Morgan fingerprint density at radius 2 is 1.97 bits per heavy atom. The Bertz CT molecular complexity index is 1260. The van der Waals surface area contributed by atoms with Gasteiger partial charge >= 0.3 is 5.69 Å². The van der Waals surface area contributed by atoms with Crippen molar-refractivity contribution in [2.45, 2.75) is 38.6 Å². The lowest BCUT2D eigenvalue weighted by Gasteiger charge is -2.13. The second-order valence-electron chi connectivity index (χ2n) is 7.74. The number of rotatable bonds is 6. The fourth-order valence-corrected chi connectivity index (χ4v) is 3.84. The van der Waals surface area contributed by atoms with Gasteiger partial charge in [0.15, 0.2) is 11.5 Å². The predicted molar refractivity (Wildman–Crippen MR) is 119 cm³/mol. The SMILES string of the molecule is Cn1c(=O)n(CC(=O)NCCC2=CCCCC2)c(=O)c2cnc(-c3ccccc3)nc21. The van der Waals surface area contributed by atoms with E-state index in [2.05, 4.69) is 21.4 Å². The van der Waals surface area contributed by atoms with Crippen LogP contribution < -0.4 is 16.6 Å². The number of carbonyl (C=O) groups excluding carboxylic acids is 1. The first-order valence-corrected chi connectivity index (χ1v) is 10.5. The lowest BCUT2D eigenvalue weighted by molar-refractivity contribution is -0.121. The maximum Gasteiger partial charge on any atom is 0.332 e. The van der Waals surface area contributed by atoms with Gasteiger partial charge in [0.25, 0.3) is 5.56 Å². The van der Waals surface area contributed by atoms with E-state index in [1.165, 1.54) is 36.2 Å². The first-order valence-electron chi connectivity index (χ1n) is 10.5. The number of allylic oxidation sites excluding steroid dienone is 1. The topological polar surface area (TPSA) is 98.9 Å². The fraction of sp³-hybridized carbons (Fsp3) is 0.348. The first kappa shape index (κ1) is 20.7. The van der Waals surface area contributed by atoms with Gasteiger partial charge < -0.3 is 5.32 Å². The molecule has 0 radical (unpaired) electrons. The van der Waals surface area contributed by atoms with Gasteiger partial charge in [0.1, 0.15) is 11.9 Å². The molecule has 0 fully saturated rings. The first-order chi connectivity index (χ1) is 15.0. The number of carbonyl (C=O) groups is 1. The molecule has 0 saturated heterocycles. The van der Waals surface area contributed by atoms with E-state index < -0.39 is 11.2 Å². The number of nitrogens with zero attached hydrogens (tertiary/aromatic N) is 4. The summed E-state index contributed by atoms with van der Waals surface area (Å²) in [5.74, 6) is 0.0618. The van der Waals surface area contributed by atoms with Crippen LogP contribution in [0.3, 0.4) is 0 Å². The van der Waals surface area contributed by atoms with Crippen molar-refractivity contribution in [3.05, 3.63) is 69.0 Å². The van der Waals surface area contributed by atoms with Crippen LogP contribution in [0.5, 0.6) is 0 Å². The Morgan fingerprint density at radius 1 is 1.16 bits per heavy atom. The third-order valence-corrected chi connectivity index (χ3v) is 5.57. The summed E-state index contributed by atoms with van der Waals surface area (Å²) in [6.07, 6.45) is 9.04. The number of benzene rings is 1. The molecular weight excluding hydrogens is 394 g/mol. The van der Waals surface area contributed by atoms with E-state index in [-0.39, 0.29) is 23.5 Å². The lowest BCUT2D eigenvalue weighted by Crippen LogP contribution is -2.43. The molecule has 1 N–H and O–H groups in total. The third-order valence-electron chi connectivity index (χ3n) is 5.57. The smallest absolute Gasteiger partial charge is 0.332 e. The molecule has 0 bridgehead atoms. The molecule has 0 spiro atoms. The summed E-state index contributed by atoms with van der Waals surface area (Å²) in [7, 11) is 1.54. The maximum atomic E-state index is 12.9. The number of aryl methyl sites for hydroxylation is 1. The van der Waals surface area contributed by atoms with E-state index in [0.717, 1.165) is 29.4 Å². The predicted octanol–water partition coefficient (Wildman–Crippen LogP) is 2.16. The van der Waals surface area contributed by atoms with E-state index in [4.69, 9.17) is 0 Å². The summed E-state index contributed by atoms with van der Waals surface area (Å²) < 4.78 is 2.22. The van der Waals surface area contributed by atoms with Gasteiger partial charge in [0.05, 0.1) is 0 Å². The molecule has 2 heterocycles. The summed E-state index contributed by atoms with van der Waals surface area (Å²) in [6, 6.07) is 9.32. The zero-order chi connectivity index (χ0) is 21.8. The van der Waals surface area contributed by atoms with Crippen molar-refractivity contribution in [3.63, 3.8) is 0 Å². The number of amides is 1. The van der Waals surface area contributed by atoms with Crippen molar-refractivity contribution in [1.82, 2.24) is 24.4 Å². The highest BCUT2D eigenvalue weighted by Gasteiger charge is 2.16. The highest BCUT2D eigenvalue weighted by Crippen LogP contribution is 2.19. The number of aromatic nitrogens is 4. The van der Waals surface area contributed by atoms with Gasteiger partial charge in [-0.15, -0.1) is 0 Å². The third kappa shape index (κ3) is 4.47. The molecule has 0 aliphatic heterocycles. The molecule has 0 atom stereocenters. The van der Waals surface area contributed by atoms with Gasteiger partial charge in [-0.25, -0.2) is 14.8 Å². The average molecular weight is 419 g/mol. The summed E-state index contributed by atoms with van der Waals surface area (Å²) >= 11 is 0. The lowest BCUT2D eigenvalue weighted by atomic mass is 9.97. The molecule has 1 aliphatic rings.